The fourth-order valence-electron chi connectivity index (χ4n) is 4.16. The second-order valence-electron chi connectivity index (χ2n) is 8.30. The Morgan fingerprint density at radius 3 is 2.47 bits per heavy atom. The number of hydrogen-bond acceptors (Lipinski definition) is 6. The van der Waals surface area contributed by atoms with Gasteiger partial charge in [0.05, 0.1) is 12.8 Å². The van der Waals surface area contributed by atoms with Crippen LogP contribution in [0.2, 0.25) is 0 Å². The number of anilines is 2. The summed E-state index contributed by atoms with van der Waals surface area (Å²) in [7, 11) is -2.21. The largest absolute Gasteiger partial charge is 0.495 e. The fraction of sp³-hybridized carbons (Fsp3) is 0.333. The molecule has 4 rings (SSSR count). The summed E-state index contributed by atoms with van der Waals surface area (Å²) in [5.41, 5.74) is 3.56. The van der Waals surface area contributed by atoms with Gasteiger partial charge < -0.3 is 15.0 Å². The average molecular weight is 472 g/mol. The zero-order valence-electron chi connectivity index (χ0n) is 18.8. The maximum absolute atomic E-state index is 13.2. The number of rotatable bonds is 6. The van der Waals surface area contributed by atoms with E-state index in [9.17, 15) is 8.42 Å². The lowest BCUT2D eigenvalue weighted by Crippen LogP contribution is -2.54. The number of ether oxygens (including phenoxy) is 1. The van der Waals surface area contributed by atoms with Crippen molar-refractivity contribution in [2.24, 2.45) is 0 Å². The van der Waals surface area contributed by atoms with Gasteiger partial charge in [0.1, 0.15) is 9.96 Å². The minimum absolute atomic E-state index is 0.271. The van der Waals surface area contributed by atoms with Gasteiger partial charge >= 0.3 is 0 Å². The Labute approximate surface area is 194 Å². The SMILES string of the molecule is COc1ccc(N2C[C@@H](C)N[C@@H](C)C2)cc1NS(=O)(=O)c1ccc(-c2ccccc2C)s1. The first-order valence-electron chi connectivity index (χ1n) is 10.6. The van der Waals surface area contributed by atoms with Crippen LogP contribution < -0.4 is 19.7 Å². The number of benzene rings is 2. The number of thiophene rings is 1. The molecule has 2 N–H and O–H groups in total. The maximum atomic E-state index is 13.2. The van der Waals surface area contributed by atoms with Gasteiger partial charge in [0.25, 0.3) is 10.0 Å². The molecule has 3 aromatic rings. The monoisotopic (exact) mass is 471 g/mol. The predicted molar refractivity (Wildman–Crippen MR) is 133 cm³/mol. The molecule has 0 bridgehead atoms. The molecule has 2 aromatic carbocycles. The van der Waals surface area contributed by atoms with E-state index in [2.05, 4.69) is 28.8 Å². The summed E-state index contributed by atoms with van der Waals surface area (Å²) in [6.45, 7) is 8.04. The van der Waals surface area contributed by atoms with Crippen molar-refractivity contribution in [3.63, 3.8) is 0 Å². The molecule has 0 radical (unpaired) electrons. The molecule has 32 heavy (non-hydrogen) atoms. The molecule has 0 aliphatic carbocycles. The summed E-state index contributed by atoms with van der Waals surface area (Å²) in [4.78, 5) is 3.19. The molecular formula is C24H29N3O3S2. The second kappa shape index (κ2) is 9.13. The van der Waals surface area contributed by atoms with E-state index in [4.69, 9.17) is 4.74 Å². The molecule has 6 nitrogen and oxygen atoms in total. The molecule has 0 unspecified atom stereocenters. The van der Waals surface area contributed by atoms with Crippen molar-refractivity contribution in [3.05, 3.63) is 60.2 Å². The summed E-state index contributed by atoms with van der Waals surface area (Å²) in [6, 6.07) is 17.8. The van der Waals surface area contributed by atoms with E-state index < -0.39 is 10.0 Å². The number of nitrogens with one attached hydrogen (secondary N) is 2. The Balaban J connectivity index is 1.62. The molecular weight excluding hydrogens is 442 g/mol. The maximum Gasteiger partial charge on any atom is 0.271 e. The molecule has 1 saturated heterocycles. The third-order valence-corrected chi connectivity index (χ3v) is 8.58. The van der Waals surface area contributed by atoms with Gasteiger partial charge in [-0.05, 0) is 62.2 Å². The van der Waals surface area contributed by atoms with Gasteiger partial charge in [-0.25, -0.2) is 8.42 Å². The number of piperazine rings is 1. The molecule has 0 amide bonds. The summed E-state index contributed by atoms with van der Waals surface area (Å²) in [5.74, 6) is 0.490. The van der Waals surface area contributed by atoms with Crippen molar-refractivity contribution in [1.82, 2.24) is 5.32 Å². The predicted octanol–water partition coefficient (Wildman–Crippen LogP) is 4.72. The Morgan fingerprint density at radius 2 is 1.78 bits per heavy atom. The first-order valence-corrected chi connectivity index (χ1v) is 12.9. The standard InChI is InChI=1S/C24H29N3O3S2/c1-16-7-5-6-8-20(16)23-11-12-24(31-23)32(28,29)26-21-13-19(9-10-22(21)30-4)27-14-17(2)25-18(3)15-27/h5-13,17-18,25-26H,14-15H2,1-4H3/t17-,18+. The first kappa shape index (κ1) is 22.6. The summed E-state index contributed by atoms with van der Waals surface area (Å²) in [5, 5.41) is 3.52. The number of nitrogens with zero attached hydrogens (tertiary/aromatic N) is 1. The van der Waals surface area contributed by atoms with Crippen LogP contribution in [0.15, 0.2) is 58.8 Å². The molecule has 0 spiro atoms. The minimum atomic E-state index is -3.76. The van der Waals surface area contributed by atoms with E-state index in [1.165, 1.54) is 11.3 Å². The van der Waals surface area contributed by atoms with E-state index in [1.54, 1.807) is 13.2 Å². The van der Waals surface area contributed by atoms with Gasteiger partial charge in [-0.3, -0.25) is 4.72 Å². The number of methoxy groups -OCH3 is 1. The lowest BCUT2D eigenvalue weighted by molar-refractivity contribution is 0.406. The Hall–Kier alpha value is -2.55. The van der Waals surface area contributed by atoms with Crippen LogP contribution in [0, 0.1) is 6.92 Å². The van der Waals surface area contributed by atoms with Gasteiger partial charge in [-0.1, -0.05) is 24.3 Å². The molecule has 0 saturated carbocycles. The third-order valence-electron chi connectivity index (χ3n) is 5.61. The van der Waals surface area contributed by atoms with Crippen LogP contribution in [-0.2, 0) is 10.0 Å². The molecule has 1 aliphatic heterocycles. The van der Waals surface area contributed by atoms with Gasteiger partial charge in [0, 0.05) is 35.7 Å². The lowest BCUT2D eigenvalue weighted by Gasteiger charge is -2.38. The van der Waals surface area contributed by atoms with Gasteiger partial charge in [0.15, 0.2) is 0 Å². The highest BCUT2D eigenvalue weighted by atomic mass is 32.2. The molecule has 1 aliphatic rings. The molecule has 8 heteroatoms. The third kappa shape index (κ3) is 4.77. The average Bonchev–Trinajstić information content (AvgIpc) is 3.24. The quantitative estimate of drug-likeness (QED) is 0.544. The van der Waals surface area contributed by atoms with Crippen LogP contribution in [0.1, 0.15) is 19.4 Å². The van der Waals surface area contributed by atoms with Crippen LogP contribution in [-0.4, -0.2) is 40.7 Å². The number of hydrogen-bond donors (Lipinski definition) is 2. The van der Waals surface area contributed by atoms with Crippen molar-refractivity contribution < 1.29 is 13.2 Å². The second-order valence-corrected chi connectivity index (χ2v) is 11.3. The van der Waals surface area contributed by atoms with Crippen molar-refractivity contribution in [2.45, 2.75) is 37.1 Å². The minimum Gasteiger partial charge on any atom is -0.495 e. The van der Waals surface area contributed by atoms with Crippen molar-refractivity contribution in [2.75, 3.05) is 29.8 Å². The zero-order chi connectivity index (χ0) is 22.9. The van der Waals surface area contributed by atoms with E-state index in [1.807, 2.05) is 55.5 Å². The smallest absolute Gasteiger partial charge is 0.271 e. The van der Waals surface area contributed by atoms with Crippen molar-refractivity contribution >= 4 is 32.7 Å². The fourth-order valence-corrected chi connectivity index (χ4v) is 6.62. The topological polar surface area (TPSA) is 70.7 Å². The highest BCUT2D eigenvalue weighted by molar-refractivity contribution is 7.94. The van der Waals surface area contributed by atoms with Crippen LogP contribution in [0.5, 0.6) is 5.75 Å². The summed E-state index contributed by atoms with van der Waals surface area (Å²) >= 11 is 1.26. The number of sulfonamides is 1. The van der Waals surface area contributed by atoms with Crippen molar-refractivity contribution in [1.29, 1.82) is 0 Å². The zero-order valence-corrected chi connectivity index (χ0v) is 20.4. The molecule has 2 heterocycles. The van der Waals surface area contributed by atoms with Crippen LogP contribution in [0.25, 0.3) is 10.4 Å². The van der Waals surface area contributed by atoms with Gasteiger partial charge in [0.2, 0.25) is 0 Å². The normalized spacial score (nSPS) is 19.1. The Kier molecular flexibility index (Phi) is 6.46. The number of aryl methyl sites for hydroxylation is 1. The van der Waals surface area contributed by atoms with Crippen LogP contribution in [0.3, 0.4) is 0 Å². The Bertz CT molecular complexity index is 1200. The first-order chi connectivity index (χ1) is 15.3. The van der Waals surface area contributed by atoms with E-state index in [-0.39, 0.29) is 4.21 Å². The summed E-state index contributed by atoms with van der Waals surface area (Å²) < 4.78 is 34.9. The van der Waals surface area contributed by atoms with E-state index >= 15 is 0 Å². The van der Waals surface area contributed by atoms with E-state index in [0.29, 0.717) is 23.5 Å². The molecule has 1 fully saturated rings. The lowest BCUT2D eigenvalue weighted by atomic mass is 10.1. The highest BCUT2D eigenvalue weighted by Gasteiger charge is 2.24. The molecule has 170 valence electrons. The summed E-state index contributed by atoms with van der Waals surface area (Å²) in [6.07, 6.45) is 0. The van der Waals surface area contributed by atoms with Crippen LogP contribution in [0.4, 0.5) is 11.4 Å². The van der Waals surface area contributed by atoms with Crippen LogP contribution >= 0.6 is 11.3 Å². The molecule has 2 atom stereocenters. The van der Waals surface area contributed by atoms with Gasteiger partial charge in [-0.2, -0.15) is 0 Å². The van der Waals surface area contributed by atoms with E-state index in [0.717, 1.165) is 34.8 Å². The highest BCUT2D eigenvalue weighted by Crippen LogP contribution is 2.36. The van der Waals surface area contributed by atoms with Gasteiger partial charge in [-0.15, -0.1) is 11.3 Å². The van der Waals surface area contributed by atoms with Crippen molar-refractivity contribution in [3.8, 4) is 16.2 Å². The molecule has 1 aromatic heterocycles. The Morgan fingerprint density at radius 1 is 1.06 bits per heavy atom.